The zero-order chi connectivity index (χ0) is 35.7. The van der Waals surface area contributed by atoms with Gasteiger partial charge in [0.1, 0.15) is 5.69 Å². The van der Waals surface area contributed by atoms with E-state index in [0.29, 0.717) is 0 Å². The number of hydrogen-bond donors (Lipinski definition) is 0. The van der Waals surface area contributed by atoms with Crippen LogP contribution in [0.25, 0.3) is 104 Å². The molecule has 0 bridgehead atoms. The monoisotopic (exact) mass is 687 g/mol. The molecular weight excluding hydrogens is 655 g/mol. The maximum absolute atomic E-state index is 5.76. The highest BCUT2D eigenvalue weighted by atomic mass is 15.1. The van der Waals surface area contributed by atoms with Crippen LogP contribution in [0.5, 0.6) is 0 Å². The van der Waals surface area contributed by atoms with Crippen LogP contribution in [-0.4, -0.2) is 14.5 Å². The van der Waals surface area contributed by atoms with E-state index in [2.05, 4.69) is 182 Å². The first-order chi connectivity index (χ1) is 26.5. The first-order valence-electron chi connectivity index (χ1n) is 18.8. The third kappa shape index (κ3) is 3.91. The number of nitrogens with zero attached hydrogens (tertiary/aromatic N) is 3. The number of aromatic nitrogens is 3. The molecule has 1 aliphatic rings. The van der Waals surface area contributed by atoms with Crippen molar-refractivity contribution in [1.82, 2.24) is 14.5 Å². The van der Waals surface area contributed by atoms with Crippen LogP contribution in [0.4, 0.5) is 0 Å². The highest BCUT2D eigenvalue weighted by Crippen LogP contribution is 2.50. The van der Waals surface area contributed by atoms with Crippen molar-refractivity contribution < 1.29 is 0 Å². The summed E-state index contributed by atoms with van der Waals surface area (Å²) in [7, 11) is 0. The fourth-order valence-corrected chi connectivity index (χ4v) is 9.51. The van der Waals surface area contributed by atoms with Gasteiger partial charge in [-0.15, -0.1) is 0 Å². The normalized spacial score (nSPS) is 13.5. The van der Waals surface area contributed by atoms with E-state index in [0.717, 1.165) is 45.1 Å². The van der Waals surface area contributed by atoms with Crippen LogP contribution < -0.4 is 0 Å². The van der Waals surface area contributed by atoms with Gasteiger partial charge in [0.2, 0.25) is 0 Å². The molecule has 0 fully saturated rings. The zero-order valence-corrected chi connectivity index (χ0v) is 29.9. The molecule has 0 saturated carbocycles. The van der Waals surface area contributed by atoms with E-state index in [1.165, 1.54) is 70.2 Å². The zero-order valence-electron chi connectivity index (χ0n) is 29.9. The van der Waals surface area contributed by atoms with Crippen molar-refractivity contribution in [1.29, 1.82) is 0 Å². The molecule has 54 heavy (non-hydrogen) atoms. The predicted octanol–water partition coefficient (Wildman–Crippen LogP) is 13.3. The van der Waals surface area contributed by atoms with E-state index in [-0.39, 0.29) is 5.41 Å². The molecule has 0 atom stereocenters. The van der Waals surface area contributed by atoms with E-state index in [1.807, 2.05) is 0 Å². The molecule has 0 spiro atoms. The smallest absolute Gasteiger partial charge is 0.165 e. The second-order valence-electron chi connectivity index (χ2n) is 15.4. The van der Waals surface area contributed by atoms with Crippen molar-refractivity contribution in [3.05, 3.63) is 175 Å². The molecule has 0 amide bonds. The molecule has 0 saturated heterocycles. The van der Waals surface area contributed by atoms with Crippen molar-refractivity contribution in [2.24, 2.45) is 0 Å². The Morgan fingerprint density at radius 3 is 1.78 bits per heavy atom. The number of hydrogen-bond acceptors (Lipinski definition) is 2. The second kappa shape index (κ2) is 10.6. The summed E-state index contributed by atoms with van der Waals surface area (Å²) in [5.74, 6) is 0.844. The SMILES string of the molecule is CC1(C)c2ccccc2-c2nc(-n3c4cc5ccccc5cc4c4c5c6ccccc6c6ccccc6c5ccc43)c(-c3ccc4ccccc4c3)nc21. The lowest BCUT2D eigenvalue weighted by Crippen LogP contribution is -2.18. The maximum Gasteiger partial charge on any atom is 0.165 e. The number of benzene rings is 9. The molecule has 0 unspecified atom stereocenters. The highest BCUT2D eigenvalue weighted by Gasteiger charge is 2.39. The predicted molar refractivity (Wildman–Crippen MR) is 227 cm³/mol. The van der Waals surface area contributed by atoms with Crippen molar-refractivity contribution in [2.45, 2.75) is 19.3 Å². The number of fused-ring (bicyclic) bond motifs is 15. The van der Waals surface area contributed by atoms with E-state index < -0.39 is 0 Å². The van der Waals surface area contributed by atoms with Gasteiger partial charge in [0.15, 0.2) is 5.82 Å². The number of rotatable bonds is 2. The van der Waals surface area contributed by atoms with Crippen LogP contribution in [0, 0.1) is 0 Å². The molecule has 3 heteroatoms. The van der Waals surface area contributed by atoms with Gasteiger partial charge in [0.25, 0.3) is 0 Å². The van der Waals surface area contributed by atoms with Crippen LogP contribution in [0.2, 0.25) is 0 Å². The summed E-state index contributed by atoms with van der Waals surface area (Å²) < 4.78 is 2.41. The van der Waals surface area contributed by atoms with E-state index in [4.69, 9.17) is 9.97 Å². The van der Waals surface area contributed by atoms with E-state index in [1.54, 1.807) is 0 Å². The van der Waals surface area contributed by atoms with Gasteiger partial charge in [-0.3, -0.25) is 4.57 Å². The second-order valence-corrected chi connectivity index (χ2v) is 15.4. The molecule has 1 aliphatic carbocycles. The van der Waals surface area contributed by atoms with Crippen LogP contribution in [-0.2, 0) is 5.41 Å². The first-order valence-corrected chi connectivity index (χ1v) is 18.8. The first kappa shape index (κ1) is 29.7. The third-order valence-electron chi connectivity index (χ3n) is 12.1. The van der Waals surface area contributed by atoms with Gasteiger partial charge in [0, 0.05) is 32.7 Å². The van der Waals surface area contributed by atoms with Crippen LogP contribution in [0.15, 0.2) is 164 Å². The van der Waals surface area contributed by atoms with Crippen molar-refractivity contribution in [3.8, 4) is 28.3 Å². The van der Waals surface area contributed by atoms with Crippen LogP contribution >= 0.6 is 0 Å². The summed E-state index contributed by atoms with van der Waals surface area (Å²) in [5.41, 5.74) is 8.29. The van der Waals surface area contributed by atoms with Gasteiger partial charge >= 0.3 is 0 Å². The molecule has 0 radical (unpaired) electrons. The molecule has 9 aromatic carbocycles. The van der Waals surface area contributed by atoms with Crippen LogP contribution in [0.1, 0.15) is 25.1 Å². The summed E-state index contributed by atoms with van der Waals surface area (Å²) in [6.07, 6.45) is 0. The molecule has 2 heterocycles. The molecule has 252 valence electrons. The summed E-state index contributed by atoms with van der Waals surface area (Å²) in [5, 5.41) is 14.9. The summed E-state index contributed by atoms with van der Waals surface area (Å²) in [6.45, 7) is 4.56. The van der Waals surface area contributed by atoms with Crippen molar-refractivity contribution in [3.63, 3.8) is 0 Å². The molecule has 11 aromatic rings. The van der Waals surface area contributed by atoms with Gasteiger partial charge in [-0.2, -0.15) is 0 Å². The fraction of sp³-hybridized carbons (Fsp3) is 0.0588. The third-order valence-corrected chi connectivity index (χ3v) is 12.1. The molecule has 3 nitrogen and oxygen atoms in total. The Hall–Kier alpha value is -6.84. The molecule has 12 rings (SSSR count). The summed E-state index contributed by atoms with van der Waals surface area (Å²) in [6, 6.07) is 59.8. The Balaban J connectivity index is 1.30. The minimum absolute atomic E-state index is 0.295. The minimum Gasteiger partial charge on any atom is -0.292 e. The summed E-state index contributed by atoms with van der Waals surface area (Å²) >= 11 is 0. The summed E-state index contributed by atoms with van der Waals surface area (Å²) in [4.78, 5) is 11.5. The van der Waals surface area contributed by atoms with Gasteiger partial charge < -0.3 is 0 Å². The molecule has 0 aliphatic heterocycles. The quantitative estimate of drug-likeness (QED) is 0.169. The Labute approximate surface area is 311 Å². The van der Waals surface area contributed by atoms with Gasteiger partial charge in [-0.1, -0.05) is 153 Å². The van der Waals surface area contributed by atoms with Crippen molar-refractivity contribution >= 4 is 75.7 Å². The fourth-order valence-electron chi connectivity index (χ4n) is 9.51. The van der Waals surface area contributed by atoms with Gasteiger partial charge in [-0.05, 0) is 78.3 Å². The average Bonchev–Trinajstić information content (AvgIpc) is 3.66. The largest absolute Gasteiger partial charge is 0.292 e. The van der Waals surface area contributed by atoms with Crippen LogP contribution in [0.3, 0.4) is 0 Å². The average molecular weight is 688 g/mol. The molecular formula is C51H33N3. The van der Waals surface area contributed by atoms with E-state index >= 15 is 0 Å². The topological polar surface area (TPSA) is 30.7 Å². The lowest BCUT2D eigenvalue weighted by Gasteiger charge is -2.21. The Morgan fingerprint density at radius 2 is 1.02 bits per heavy atom. The van der Waals surface area contributed by atoms with Gasteiger partial charge in [-0.25, -0.2) is 9.97 Å². The molecule has 0 N–H and O–H groups in total. The van der Waals surface area contributed by atoms with Crippen molar-refractivity contribution in [2.75, 3.05) is 0 Å². The van der Waals surface area contributed by atoms with E-state index in [9.17, 15) is 0 Å². The van der Waals surface area contributed by atoms with Gasteiger partial charge in [0.05, 0.1) is 22.4 Å². The Bertz CT molecular complexity index is 3390. The Morgan fingerprint density at radius 1 is 0.426 bits per heavy atom. The lowest BCUT2D eigenvalue weighted by atomic mass is 9.85. The minimum atomic E-state index is -0.295. The Kier molecular flexibility index (Phi) is 5.84. The highest BCUT2D eigenvalue weighted by molar-refractivity contribution is 6.35. The molecule has 2 aromatic heterocycles. The standard InChI is InChI=1S/C51H33N3/c1-51(2)42-22-12-11-21-40(42)48-49(51)52-47(34-24-23-30-13-3-4-14-31(30)27-34)50(53-48)54-43-26-25-39-37-19-8-7-17-35(37)36-18-9-10-20-38(36)45(39)46(43)41-28-32-15-5-6-16-33(32)29-44(41)54/h3-29H,1-2H3. The maximum atomic E-state index is 5.76. The lowest BCUT2D eigenvalue weighted by molar-refractivity contribution is 0.635.